The summed E-state index contributed by atoms with van der Waals surface area (Å²) in [6.45, 7) is 0.0201. The quantitative estimate of drug-likeness (QED) is 0.694. The third-order valence-electron chi connectivity index (χ3n) is 3.98. The average Bonchev–Trinajstić information content (AvgIpc) is 2.54. The lowest BCUT2D eigenvalue weighted by atomic mass is 9.97. The van der Waals surface area contributed by atoms with Gasteiger partial charge in [-0.15, -0.1) is 0 Å². The number of benzene rings is 1. The summed E-state index contributed by atoms with van der Waals surface area (Å²) in [5.41, 5.74) is 2.21. The molecule has 3 rings (SSSR count). The highest BCUT2D eigenvalue weighted by atomic mass is 16.5. The summed E-state index contributed by atoms with van der Waals surface area (Å²) in [6, 6.07) is 9.33. The molecule has 0 atom stereocenters. The molecule has 1 aliphatic rings. The van der Waals surface area contributed by atoms with E-state index in [2.05, 4.69) is 11.1 Å². The number of ether oxygens (including phenoxy) is 1. The smallest absolute Gasteiger partial charge is 0.310 e. The van der Waals surface area contributed by atoms with Crippen LogP contribution >= 0.6 is 0 Å². The van der Waals surface area contributed by atoms with E-state index in [1.54, 1.807) is 6.07 Å². The maximum Gasteiger partial charge on any atom is 0.310 e. The number of H-pyrrole nitrogens is 1. The van der Waals surface area contributed by atoms with E-state index in [1.807, 2.05) is 24.3 Å². The van der Waals surface area contributed by atoms with E-state index in [9.17, 15) is 9.59 Å². The van der Waals surface area contributed by atoms with Crippen LogP contribution in [0, 0.1) is 0 Å². The molecule has 1 aromatic heterocycles. The fourth-order valence-electron chi connectivity index (χ4n) is 2.76. The SMILES string of the molecule is O=C(CC1=CCCCC1)OCc1cc2ccccc2[nH]c1=O. The van der Waals surface area contributed by atoms with Gasteiger partial charge in [0.2, 0.25) is 0 Å². The van der Waals surface area contributed by atoms with E-state index in [0.29, 0.717) is 12.0 Å². The molecule has 0 amide bonds. The summed E-state index contributed by atoms with van der Waals surface area (Å²) in [7, 11) is 0. The Kier molecular flexibility index (Phi) is 4.37. The van der Waals surface area contributed by atoms with E-state index in [4.69, 9.17) is 4.74 Å². The fraction of sp³-hybridized carbons (Fsp3) is 0.333. The maximum atomic E-state index is 12.0. The third kappa shape index (κ3) is 3.45. The number of fused-ring (bicyclic) bond motifs is 1. The highest BCUT2D eigenvalue weighted by Gasteiger charge is 2.11. The molecule has 114 valence electrons. The number of carbonyl (C=O) groups excluding carboxylic acids is 1. The predicted molar refractivity (Wildman–Crippen MR) is 85.5 cm³/mol. The van der Waals surface area contributed by atoms with Gasteiger partial charge in [0.15, 0.2) is 0 Å². The van der Waals surface area contributed by atoms with E-state index in [-0.39, 0.29) is 18.1 Å². The molecule has 22 heavy (non-hydrogen) atoms. The van der Waals surface area contributed by atoms with Crippen molar-refractivity contribution < 1.29 is 9.53 Å². The number of pyridine rings is 1. The van der Waals surface area contributed by atoms with Crippen LogP contribution in [0.5, 0.6) is 0 Å². The number of rotatable bonds is 4. The number of aromatic nitrogens is 1. The summed E-state index contributed by atoms with van der Waals surface area (Å²) >= 11 is 0. The topological polar surface area (TPSA) is 59.2 Å². The first-order valence-electron chi connectivity index (χ1n) is 7.67. The Morgan fingerprint density at radius 3 is 2.91 bits per heavy atom. The number of hydrogen-bond donors (Lipinski definition) is 1. The molecule has 0 aliphatic heterocycles. The van der Waals surface area contributed by atoms with Crippen molar-refractivity contribution >= 4 is 16.9 Å². The molecular formula is C18H19NO3. The van der Waals surface area contributed by atoms with Gasteiger partial charge in [0.1, 0.15) is 6.61 Å². The molecule has 0 saturated heterocycles. The lowest BCUT2D eigenvalue weighted by molar-refractivity contribution is -0.144. The van der Waals surface area contributed by atoms with E-state index < -0.39 is 0 Å². The highest BCUT2D eigenvalue weighted by molar-refractivity contribution is 5.78. The van der Waals surface area contributed by atoms with Crippen molar-refractivity contribution in [1.29, 1.82) is 0 Å². The molecule has 0 spiro atoms. The van der Waals surface area contributed by atoms with Crippen molar-refractivity contribution in [2.45, 2.75) is 38.7 Å². The summed E-state index contributed by atoms with van der Waals surface area (Å²) in [6.07, 6.45) is 6.84. The normalized spacial score (nSPS) is 14.6. The van der Waals surface area contributed by atoms with Crippen LogP contribution in [-0.2, 0) is 16.1 Å². The van der Waals surface area contributed by atoms with Gasteiger partial charge < -0.3 is 9.72 Å². The van der Waals surface area contributed by atoms with Gasteiger partial charge in [-0.2, -0.15) is 0 Å². The minimum Gasteiger partial charge on any atom is -0.460 e. The van der Waals surface area contributed by atoms with Crippen molar-refractivity contribution in [3.63, 3.8) is 0 Å². The minimum absolute atomic E-state index is 0.0201. The lowest BCUT2D eigenvalue weighted by Crippen LogP contribution is -2.15. The van der Waals surface area contributed by atoms with Crippen LogP contribution in [0.15, 0.2) is 46.8 Å². The Morgan fingerprint density at radius 2 is 2.09 bits per heavy atom. The standard InChI is InChI=1S/C18H19NO3/c20-17(10-13-6-2-1-3-7-13)22-12-15-11-14-8-4-5-9-16(14)19-18(15)21/h4-6,8-9,11H,1-3,7,10,12H2,(H,19,21). The Balaban J connectivity index is 1.65. The molecule has 0 bridgehead atoms. The fourth-order valence-corrected chi connectivity index (χ4v) is 2.76. The predicted octanol–water partition coefficient (Wildman–Crippen LogP) is 3.46. The second-order valence-electron chi connectivity index (χ2n) is 5.66. The van der Waals surface area contributed by atoms with Gasteiger partial charge >= 0.3 is 5.97 Å². The molecular weight excluding hydrogens is 278 g/mol. The average molecular weight is 297 g/mol. The van der Waals surface area contributed by atoms with Crippen LogP contribution in [0.4, 0.5) is 0 Å². The van der Waals surface area contributed by atoms with Crippen LogP contribution in [0.3, 0.4) is 0 Å². The van der Waals surface area contributed by atoms with E-state index in [1.165, 1.54) is 6.42 Å². The van der Waals surface area contributed by atoms with Crippen molar-refractivity contribution in [3.05, 3.63) is 57.9 Å². The first-order valence-corrected chi connectivity index (χ1v) is 7.67. The molecule has 4 heteroatoms. The molecule has 1 N–H and O–H groups in total. The van der Waals surface area contributed by atoms with E-state index in [0.717, 1.165) is 35.7 Å². The van der Waals surface area contributed by atoms with Gasteiger partial charge in [-0.25, -0.2) is 0 Å². The van der Waals surface area contributed by atoms with Gasteiger partial charge in [-0.05, 0) is 43.2 Å². The molecule has 0 fully saturated rings. The summed E-state index contributed by atoms with van der Waals surface area (Å²) in [5, 5.41) is 0.933. The van der Waals surface area contributed by atoms with Gasteiger partial charge in [-0.1, -0.05) is 29.8 Å². The molecule has 1 aliphatic carbocycles. The molecule has 2 aromatic rings. The second kappa shape index (κ2) is 6.60. The number of aromatic amines is 1. The first kappa shape index (κ1) is 14.6. The van der Waals surface area contributed by atoms with Gasteiger partial charge in [0.25, 0.3) is 5.56 Å². The highest BCUT2D eigenvalue weighted by Crippen LogP contribution is 2.20. The monoisotopic (exact) mass is 297 g/mol. The van der Waals surface area contributed by atoms with Crippen molar-refractivity contribution in [2.24, 2.45) is 0 Å². The number of esters is 1. The third-order valence-corrected chi connectivity index (χ3v) is 3.98. The van der Waals surface area contributed by atoms with Crippen molar-refractivity contribution in [1.82, 2.24) is 4.98 Å². The number of nitrogens with one attached hydrogen (secondary N) is 1. The van der Waals surface area contributed by atoms with Crippen LogP contribution in [0.2, 0.25) is 0 Å². The zero-order chi connectivity index (χ0) is 15.4. The van der Waals surface area contributed by atoms with Gasteiger partial charge in [0.05, 0.1) is 12.0 Å². The Morgan fingerprint density at radius 1 is 1.23 bits per heavy atom. The van der Waals surface area contributed by atoms with Crippen molar-refractivity contribution in [2.75, 3.05) is 0 Å². The molecule has 0 unspecified atom stereocenters. The Bertz CT molecular complexity index is 773. The summed E-state index contributed by atoms with van der Waals surface area (Å²) in [5.74, 6) is -0.263. The molecule has 0 radical (unpaired) electrons. The maximum absolute atomic E-state index is 12.0. The zero-order valence-electron chi connectivity index (χ0n) is 12.4. The van der Waals surface area contributed by atoms with Crippen LogP contribution in [0.25, 0.3) is 10.9 Å². The first-order chi connectivity index (χ1) is 10.7. The van der Waals surface area contributed by atoms with Crippen LogP contribution in [0.1, 0.15) is 37.7 Å². The minimum atomic E-state index is -0.263. The van der Waals surface area contributed by atoms with Crippen LogP contribution < -0.4 is 5.56 Å². The number of para-hydroxylation sites is 1. The second-order valence-corrected chi connectivity index (χ2v) is 5.66. The Labute approximate surface area is 128 Å². The molecule has 1 aromatic carbocycles. The molecule has 4 nitrogen and oxygen atoms in total. The zero-order valence-corrected chi connectivity index (χ0v) is 12.4. The van der Waals surface area contributed by atoms with Gasteiger partial charge in [0, 0.05) is 5.52 Å². The molecule has 0 saturated carbocycles. The van der Waals surface area contributed by atoms with E-state index >= 15 is 0 Å². The number of carbonyl (C=O) groups is 1. The molecule has 1 heterocycles. The lowest BCUT2D eigenvalue weighted by Gasteiger charge is -2.12. The number of hydrogen-bond acceptors (Lipinski definition) is 3. The summed E-state index contributed by atoms with van der Waals surface area (Å²) in [4.78, 5) is 26.7. The Hall–Kier alpha value is -2.36. The van der Waals surface area contributed by atoms with Crippen LogP contribution in [-0.4, -0.2) is 11.0 Å². The summed E-state index contributed by atoms with van der Waals surface area (Å²) < 4.78 is 5.26. The largest absolute Gasteiger partial charge is 0.460 e. The van der Waals surface area contributed by atoms with Gasteiger partial charge in [-0.3, -0.25) is 9.59 Å². The number of allylic oxidation sites excluding steroid dienone is 1. The van der Waals surface area contributed by atoms with Crippen molar-refractivity contribution in [3.8, 4) is 0 Å².